The summed E-state index contributed by atoms with van der Waals surface area (Å²) in [4.78, 5) is 38.6. The molecular formula is C26H58O16P4S2. The lowest BCUT2D eigenvalue weighted by Crippen LogP contribution is -2.14. The van der Waals surface area contributed by atoms with E-state index in [1.165, 1.54) is 0 Å². The maximum absolute atomic E-state index is 11.9. The van der Waals surface area contributed by atoms with Crippen molar-refractivity contribution in [3.8, 4) is 0 Å². The summed E-state index contributed by atoms with van der Waals surface area (Å²) in [7, 11) is -13.5. The highest BCUT2D eigenvalue weighted by Crippen LogP contribution is 2.47. The molecule has 0 aliphatic rings. The zero-order valence-corrected chi connectivity index (χ0v) is 34.2. The van der Waals surface area contributed by atoms with Gasteiger partial charge in [-0.15, -0.1) is 0 Å². The van der Waals surface area contributed by atoms with Crippen molar-refractivity contribution in [3.63, 3.8) is 0 Å². The van der Waals surface area contributed by atoms with E-state index in [1.54, 1.807) is 21.6 Å². The van der Waals surface area contributed by atoms with Gasteiger partial charge in [0.15, 0.2) is 0 Å². The van der Waals surface area contributed by atoms with E-state index >= 15 is 0 Å². The molecule has 4 N–H and O–H groups in total. The third-order valence-electron chi connectivity index (χ3n) is 5.34. The maximum Gasteiger partial charge on any atom is 0.472 e. The lowest BCUT2D eigenvalue weighted by molar-refractivity contribution is 0.0867. The van der Waals surface area contributed by atoms with E-state index in [0.717, 1.165) is 50.0 Å². The lowest BCUT2D eigenvalue weighted by atomic mass is 9.99. The second-order valence-corrected chi connectivity index (χ2v) is 21.5. The fourth-order valence-electron chi connectivity index (χ4n) is 3.02. The van der Waals surface area contributed by atoms with E-state index < -0.39 is 57.7 Å². The maximum atomic E-state index is 11.9. The molecule has 0 aromatic heterocycles. The van der Waals surface area contributed by atoms with Crippen LogP contribution in [0.2, 0.25) is 0 Å². The van der Waals surface area contributed by atoms with Crippen molar-refractivity contribution in [2.24, 2.45) is 10.8 Å². The number of hydrogen-bond donors (Lipinski definition) is 4. The van der Waals surface area contributed by atoms with Gasteiger partial charge < -0.3 is 19.6 Å². The molecule has 0 amide bonds. The summed E-state index contributed by atoms with van der Waals surface area (Å²) in [6.07, 6.45) is 6.71. The van der Waals surface area contributed by atoms with Crippen molar-refractivity contribution in [2.75, 3.05) is 64.4 Å². The Kier molecular flexibility index (Phi) is 25.8. The predicted molar refractivity (Wildman–Crippen MR) is 188 cm³/mol. The first-order valence-electron chi connectivity index (χ1n) is 15.8. The van der Waals surface area contributed by atoms with Gasteiger partial charge in [0, 0.05) is 11.5 Å². The second-order valence-electron chi connectivity index (χ2n) is 13.0. The van der Waals surface area contributed by atoms with Gasteiger partial charge in [0.2, 0.25) is 0 Å². The third kappa shape index (κ3) is 34.2. The molecule has 0 rings (SSSR count). The molecule has 0 heterocycles. The van der Waals surface area contributed by atoms with Crippen molar-refractivity contribution < 1.29 is 74.0 Å². The SMILES string of the molecule is CC(C)(C)COP(=O)(O)OCCOP(=O)(O)OCCCCCCSSCCCCCCOP(=O)(O)OCCOP(=O)(O)OCC(C)(C)C. The third-order valence-corrected chi connectivity index (χ3v) is 11.9. The smallest absolute Gasteiger partial charge is 0.302 e. The summed E-state index contributed by atoms with van der Waals surface area (Å²) in [5.74, 6) is 1.96. The molecular weight excluding hydrogens is 756 g/mol. The molecule has 4 unspecified atom stereocenters. The molecule has 0 aromatic carbocycles. The van der Waals surface area contributed by atoms with Gasteiger partial charge in [-0.05, 0) is 36.5 Å². The minimum absolute atomic E-state index is 0.00715. The van der Waals surface area contributed by atoms with Gasteiger partial charge in [-0.2, -0.15) is 0 Å². The van der Waals surface area contributed by atoms with Crippen molar-refractivity contribution in [2.45, 2.75) is 92.9 Å². The minimum atomic E-state index is -4.28. The topological polar surface area (TPSA) is 223 Å². The molecule has 0 fully saturated rings. The van der Waals surface area contributed by atoms with Gasteiger partial charge in [0.05, 0.1) is 52.9 Å². The van der Waals surface area contributed by atoms with Crippen LogP contribution in [0.3, 0.4) is 0 Å². The van der Waals surface area contributed by atoms with Crippen molar-refractivity contribution in [3.05, 3.63) is 0 Å². The van der Waals surface area contributed by atoms with Crippen LogP contribution in [0.1, 0.15) is 92.9 Å². The number of phosphoric ester groups is 4. The van der Waals surface area contributed by atoms with E-state index in [-0.39, 0.29) is 37.3 Å². The van der Waals surface area contributed by atoms with E-state index in [0.29, 0.717) is 12.8 Å². The zero-order chi connectivity index (χ0) is 36.8. The van der Waals surface area contributed by atoms with Crippen LogP contribution in [-0.4, -0.2) is 83.9 Å². The average molecular weight is 815 g/mol. The first kappa shape index (κ1) is 49.1. The Morgan fingerprint density at radius 1 is 0.396 bits per heavy atom. The molecule has 0 aliphatic carbocycles. The van der Waals surface area contributed by atoms with Crippen molar-refractivity contribution in [1.82, 2.24) is 0 Å². The quantitative estimate of drug-likeness (QED) is 0.0295. The van der Waals surface area contributed by atoms with Crippen LogP contribution in [0.15, 0.2) is 0 Å². The van der Waals surface area contributed by atoms with Gasteiger partial charge in [0.1, 0.15) is 0 Å². The molecule has 0 aliphatic heterocycles. The van der Waals surface area contributed by atoms with Crippen LogP contribution in [0.25, 0.3) is 0 Å². The Morgan fingerprint density at radius 3 is 0.938 bits per heavy atom. The zero-order valence-electron chi connectivity index (χ0n) is 29.0. The molecule has 16 nitrogen and oxygen atoms in total. The molecule has 0 saturated carbocycles. The van der Waals surface area contributed by atoms with Crippen LogP contribution in [-0.2, 0) is 54.5 Å². The van der Waals surface area contributed by atoms with E-state index in [1.807, 2.05) is 41.5 Å². The molecule has 290 valence electrons. The lowest BCUT2D eigenvalue weighted by Gasteiger charge is -2.20. The van der Waals surface area contributed by atoms with Gasteiger partial charge in [-0.3, -0.25) is 36.2 Å². The summed E-state index contributed by atoms with van der Waals surface area (Å²) < 4.78 is 85.9. The molecule has 0 radical (unpaired) electrons. The highest BCUT2D eigenvalue weighted by Gasteiger charge is 2.27. The van der Waals surface area contributed by atoms with Crippen LogP contribution >= 0.6 is 52.9 Å². The van der Waals surface area contributed by atoms with Crippen LogP contribution in [0.5, 0.6) is 0 Å². The van der Waals surface area contributed by atoms with E-state index in [4.69, 9.17) is 36.2 Å². The largest absolute Gasteiger partial charge is 0.472 e. The number of hydrogen-bond acceptors (Lipinski definition) is 14. The van der Waals surface area contributed by atoms with Gasteiger partial charge >= 0.3 is 31.3 Å². The molecule has 0 bridgehead atoms. The van der Waals surface area contributed by atoms with Gasteiger partial charge in [-0.25, -0.2) is 18.3 Å². The first-order valence-corrected chi connectivity index (χ1v) is 24.2. The standard InChI is InChI=1S/C26H58O16P4S2/c1-25(2,3)23-41-45(31,32)39-19-17-37-43(27,28)35-15-11-7-9-13-21-47-48-22-14-10-8-12-16-36-44(29,30)38-18-20-40-46(33,34)42-24-26(4,5)6/h7-24H2,1-6H3,(H,27,28)(H,29,30)(H,31,32)(H,33,34). The molecule has 0 aromatic rings. The Bertz CT molecular complexity index is 960. The van der Waals surface area contributed by atoms with Gasteiger partial charge in [-0.1, -0.05) is 88.8 Å². The molecule has 4 atom stereocenters. The summed E-state index contributed by atoms with van der Waals surface area (Å²) in [5.41, 5.74) is -0.660. The average Bonchev–Trinajstić information content (AvgIpc) is 2.95. The minimum Gasteiger partial charge on any atom is -0.302 e. The van der Waals surface area contributed by atoms with Crippen molar-refractivity contribution >= 4 is 52.9 Å². The number of unbranched alkanes of at least 4 members (excludes halogenated alkanes) is 6. The molecule has 48 heavy (non-hydrogen) atoms. The van der Waals surface area contributed by atoms with E-state index in [9.17, 15) is 37.8 Å². The monoisotopic (exact) mass is 814 g/mol. The van der Waals surface area contributed by atoms with Gasteiger partial charge in [0.25, 0.3) is 0 Å². The Hall–Kier alpha value is 1.14. The first-order chi connectivity index (χ1) is 22.0. The highest BCUT2D eigenvalue weighted by molar-refractivity contribution is 8.76. The second kappa shape index (κ2) is 25.2. The van der Waals surface area contributed by atoms with Crippen LogP contribution in [0.4, 0.5) is 0 Å². The summed E-state index contributed by atoms with van der Waals surface area (Å²) in [5, 5.41) is 0. The number of rotatable bonds is 31. The summed E-state index contributed by atoms with van der Waals surface area (Å²) in [6, 6.07) is 0. The molecule has 0 spiro atoms. The fourth-order valence-corrected chi connectivity index (χ4v) is 8.65. The highest BCUT2D eigenvalue weighted by atomic mass is 33.1. The summed E-state index contributed by atoms with van der Waals surface area (Å²) in [6.45, 7) is 9.47. The fraction of sp³-hybridized carbons (Fsp3) is 1.00. The number of phosphoric acid groups is 4. The Morgan fingerprint density at radius 2 is 0.646 bits per heavy atom. The van der Waals surface area contributed by atoms with Crippen LogP contribution < -0.4 is 0 Å². The normalized spacial score (nSPS) is 17.8. The molecule has 22 heteroatoms. The van der Waals surface area contributed by atoms with Crippen molar-refractivity contribution in [1.29, 1.82) is 0 Å². The predicted octanol–water partition coefficient (Wildman–Crippen LogP) is 8.12. The van der Waals surface area contributed by atoms with E-state index in [2.05, 4.69) is 0 Å². The Labute approximate surface area is 294 Å². The molecule has 0 saturated heterocycles. The Balaban J connectivity index is 3.63. The van der Waals surface area contributed by atoms with Crippen LogP contribution in [0, 0.1) is 10.8 Å². The summed E-state index contributed by atoms with van der Waals surface area (Å²) >= 11 is 0.